The molecule has 0 fully saturated rings. The molecule has 0 atom stereocenters. The number of hydrogen-bond acceptors (Lipinski definition) is 6. The number of hydrogen-bond donors (Lipinski definition) is 2. The number of fused-ring (bicyclic) bond motifs is 1. The van der Waals surface area contributed by atoms with E-state index in [0.29, 0.717) is 34.0 Å². The van der Waals surface area contributed by atoms with Gasteiger partial charge in [-0.15, -0.1) is 0 Å². The molecule has 0 saturated carbocycles. The van der Waals surface area contributed by atoms with Crippen LogP contribution in [0.2, 0.25) is 0 Å². The van der Waals surface area contributed by atoms with Gasteiger partial charge in [0.15, 0.2) is 11.5 Å². The average molecular weight is 518 g/mol. The van der Waals surface area contributed by atoms with Crippen molar-refractivity contribution in [1.29, 1.82) is 0 Å². The Morgan fingerprint density at radius 1 is 0.946 bits per heavy atom. The summed E-state index contributed by atoms with van der Waals surface area (Å²) in [6, 6.07) is 20.0. The van der Waals surface area contributed by atoms with Crippen LogP contribution in [0.5, 0.6) is 11.5 Å². The molecule has 3 aromatic carbocycles. The quantitative estimate of drug-likeness (QED) is 0.162. The van der Waals surface area contributed by atoms with Crippen LogP contribution in [-0.4, -0.2) is 29.8 Å². The summed E-state index contributed by atoms with van der Waals surface area (Å²) in [6.07, 6.45) is 1.93. The number of aromatic nitrogens is 1. The molecule has 192 valence electrons. The van der Waals surface area contributed by atoms with Crippen molar-refractivity contribution in [2.45, 2.75) is 26.2 Å². The Bertz CT molecular complexity index is 1460. The molecule has 8 heteroatoms. The molecule has 0 bridgehead atoms. The molecular weight excluding hydrogens is 486 g/mol. The van der Waals surface area contributed by atoms with Gasteiger partial charge in [0.25, 0.3) is 5.91 Å². The molecule has 1 amide bonds. The van der Waals surface area contributed by atoms with E-state index >= 15 is 0 Å². The summed E-state index contributed by atoms with van der Waals surface area (Å²) in [5, 5.41) is 3.82. The topological polar surface area (TPSA) is 81.6 Å². The number of carbonyl (C=O) groups excluding carboxylic acids is 2. The first-order valence-corrected chi connectivity index (χ1v) is 13.0. The molecule has 0 saturated heterocycles. The fourth-order valence-electron chi connectivity index (χ4n) is 4.16. The molecule has 1 aromatic heterocycles. The predicted molar refractivity (Wildman–Crippen MR) is 151 cm³/mol. The Morgan fingerprint density at radius 2 is 1.65 bits per heavy atom. The van der Waals surface area contributed by atoms with Crippen molar-refractivity contribution in [2.75, 3.05) is 23.4 Å². The van der Waals surface area contributed by atoms with E-state index in [1.54, 1.807) is 61.2 Å². The van der Waals surface area contributed by atoms with Gasteiger partial charge in [0, 0.05) is 18.7 Å². The Morgan fingerprint density at radius 3 is 2.30 bits per heavy atom. The van der Waals surface area contributed by atoms with Crippen molar-refractivity contribution in [1.82, 2.24) is 4.57 Å². The number of rotatable bonds is 7. The zero-order valence-electron chi connectivity index (χ0n) is 21.8. The van der Waals surface area contributed by atoms with E-state index in [0.717, 1.165) is 16.6 Å². The Balaban J connectivity index is 1.71. The van der Waals surface area contributed by atoms with E-state index in [9.17, 15) is 9.59 Å². The first-order chi connectivity index (χ1) is 17.6. The normalized spacial score (nSPS) is 11.3. The third-order valence-corrected chi connectivity index (χ3v) is 6.51. The maximum Gasteiger partial charge on any atom is 0.343 e. The minimum Gasteiger partial charge on any atom is -0.492 e. The molecule has 1 heterocycles. The maximum atomic E-state index is 13.5. The lowest BCUT2D eigenvalue weighted by Crippen LogP contribution is -2.18. The number of ether oxygens (including phenoxy) is 2. The summed E-state index contributed by atoms with van der Waals surface area (Å²) >= 11 is 1.45. The second kappa shape index (κ2) is 10.6. The van der Waals surface area contributed by atoms with Gasteiger partial charge in [-0.25, -0.2) is 4.79 Å². The zero-order valence-corrected chi connectivity index (χ0v) is 22.7. The molecule has 37 heavy (non-hydrogen) atoms. The summed E-state index contributed by atoms with van der Waals surface area (Å²) in [5.74, 6) is 0.162. The molecule has 0 aliphatic heterocycles. The van der Waals surface area contributed by atoms with E-state index in [2.05, 4.69) is 30.8 Å². The third-order valence-electron chi connectivity index (χ3n) is 6.08. The van der Waals surface area contributed by atoms with Crippen molar-refractivity contribution in [2.24, 2.45) is 7.05 Å². The molecule has 0 aliphatic carbocycles. The van der Waals surface area contributed by atoms with Crippen LogP contribution in [0.15, 0.2) is 66.7 Å². The second-order valence-corrected chi connectivity index (χ2v) is 10.3. The van der Waals surface area contributed by atoms with Gasteiger partial charge in [-0.2, -0.15) is 0 Å². The zero-order chi connectivity index (χ0) is 26.7. The second-order valence-electron chi connectivity index (χ2n) is 9.65. The lowest BCUT2D eigenvalue weighted by Gasteiger charge is -2.24. The monoisotopic (exact) mass is 517 g/mol. The number of methoxy groups -OCH3 is 1. The number of aryl methyl sites for hydroxylation is 1. The largest absolute Gasteiger partial charge is 0.492 e. The van der Waals surface area contributed by atoms with Gasteiger partial charge in [-0.05, 0) is 47.4 Å². The molecule has 0 aliphatic rings. The fourth-order valence-corrected chi connectivity index (χ4v) is 4.53. The smallest absolute Gasteiger partial charge is 0.343 e. The van der Waals surface area contributed by atoms with Crippen molar-refractivity contribution >= 4 is 46.1 Å². The number of benzene rings is 3. The molecule has 0 unspecified atom stereocenters. The lowest BCUT2D eigenvalue weighted by atomic mass is 9.86. The maximum absolute atomic E-state index is 13.5. The van der Waals surface area contributed by atoms with E-state index in [1.165, 1.54) is 11.9 Å². The third kappa shape index (κ3) is 5.44. The minimum absolute atomic E-state index is 0.141. The van der Waals surface area contributed by atoms with Crippen molar-refractivity contribution in [3.05, 3.63) is 83.6 Å². The standard InChI is InChI=1S/C29H31N3O4S/c1-29(2,3)20-16-21(26(35-5)22(17-20)31-37-6)30-27(33)23-15-19-13-10-14-24(25(19)32(23)4)36-28(34)18-11-8-7-9-12-18/h7-17,31H,1-6H3,(H,30,33). The van der Waals surface area contributed by atoms with Crippen LogP contribution in [0.25, 0.3) is 10.9 Å². The summed E-state index contributed by atoms with van der Waals surface area (Å²) in [4.78, 5) is 26.2. The minimum atomic E-state index is -0.460. The number of anilines is 2. The highest BCUT2D eigenvalue weighted by atomic mass is 32.2. The first kappa shape index (κ1) is 26.2. The Hall–Kier alpha value is -3.91. The van der Waals surface area contributed by atoms with Crippen molar-refractivity contribution in [3.8, 4) is 11.5 Å². The summed E-state index contributed by atoms with van der Waals surface area (Å²) < 4.78 is 16.4. The highest BCUT2D eigenvalue weighted by Crippen LogP contribution is 2.40. The van der Waals surface area contributed by atoms with Crippen molar-refractivity contribution in [3.63, 3.8) is 0 Å². The molecule has 4 rings (SSSR count). The number of nitrogens with one attached hydrogen (secondary N) is 2. The van der Waals surface area contributed by atoms with E-state index < -0.39 is 5.97 Å². The number of amides is 1. The lowest BCUT2D eigenvalue weighted by molar-refractivity contribution is 0.0736. The Labute approximate surface area is 221 Å². The average Bonchev–Trinajstić information content (AvgIpc) is 3.21. The van der Waals surface area contributed by atoms with Gasteiger partial charge in [0.1, 0.15) is 5.69 Å². The number of carbonyl (C=O) groups is 2. The van der Waals surface area contributed by atoms with Gasteiger partial charge in [-0.3, -0.25) is 4.79 Å². The Kier molecular flexibility index (Phi) is 7.50. The number of para-hydroxylation sites is 1. The van der Waals surface area contributed by atoms with Crippen LogP contribution in [-0.2, 0) is 12.5 Å². The molecule has 4 aromatic rings. The molecule has 0 radical (unpaired) electrons. The van der Waals surface area contributed by atoms with E-state index in [1.807, 2.05) is 30.5 Å². The van der Waals surface area contributed by atoms with E-state index in [-0.39, 0.29) is 11.3 Å². The van der Waals surface area contributed by atoms with Gasteiger partial charge in [0.2, 0.25) is 0 Å². The molecule has 7 nitrogen and oxygen atoms in total. The predicted octanol–water partition coefficient (Wildman–Crippen LogP) is 6.65. The molecular formula is C29H31N3O4S. The van der Waals surface area contributed by atoms with Crippen molar-refractivity contribution < 1.29 is 19.1 Å². The number of esters is 1. The van der Waals surface area contributed by atoms with Crippen LogP contribution in [0.3, 0.4) is 0 Å². The summed E-state index contributed by atoms with van der Waals surface area (Å²) in [7, 11) is 3.36. The first-order valence-electron chi connectivity index (χ1n) is 11.8. The molecule has 2 N–H and O–H groups in total. The van der Waals surface area contributed by atoms with Gasteiger partial charge >= 0.3 is 5.97 Å². The van der Waals surface area contributed by atoms with E-state index in [4.69, 9.17) is 9.47 Å². The fraction of sp³-hybridized carbons (Fsp3) is 0.241. The highest BCUT2D eigenvalue weighted by Gasteiger charge is 2.23. The van der Waals surface area contributed by atoms with Crippen LogP contribution in [0.1, 0.15) is 47.2 Å². The summed E-state index contributed by atoms with van der Waals surface area (Å²) in [6.45, 7) is 6.35. The number of nitrogens with zero attached hydrogens (tertiary/aromatic N) is 1. The van der Waals surface area contributed by atoms with Crippen LogP contribution in [0.4, 0.5) is 11.4 Å². The molecule has 0 spiro atoms. The van der Waals surface area contributed by atoms with Crippen LogP contribution < -0.4 is 19.5 Å². The summed E-state index contributed by atoms with van der Waals surface area (Å²) in [5.41, 5.74) is 3.78. The van der Waals surface area contributed by atoms with Gasteiger partial charge in [0.05, 0.1) is 29.6 Å². The highest BCUT2D eigenvalue weighted by molar-refractivity contribution is 7.99. The van der Waals surface area contributed by atoms with Crippen LogP contribution >= 0.6 is 11.9 Å². The van der Waals surface area contributed by atoms with Crippen LogP contribution in [0, 0.1) is 0 Å². The van der Waals surface area contributed by atoms with Gasteiger partial charge < -0.3 is 24.1 Å². The SMILES string of the molecule is COc1c(NSC)cc(C(C)(C)C)cc1NC(=O)c1cc2cccc(OC(=O)c3ccccc3)c2n1C. The van der Waals surface area contributed by atoms with Gasteiger partial charge in [-0.1, -0.05) is 63.1 Å².